The molecule has 0 aliphatic heterocycles. The maximum Gasteiger partial charge on any atom is 0.220 e. The van der Waals surface area contributed by atoms with Gasteiger partial charge in [-0.2, -0.15) is 0 Å². The molecule has 0 aromatic carbocycles. The lowest BCUT2D eigenvalue weighted by Crippen LogP contribution is -2.32. The Kier molecular flexibility index (Phi) is 5.35. The lowest BCUT2D eigenvalue weighted by molar-refractivity contribution is -0.122. The van der Waals surface area contributed by atoms with Gasteiger partial charge in [0.05, 0.1) is 16.4 Å². The van der Waals surface area contributed by atoms with Gasteiger partial charge in [0.25, 0.3) is 0 Å². The van der Waals surface area contributed by atoms with E-state index in [4.69, 9.17) is 5.73 Å². The lowest BCUT2D eigenvalue weighted by atomic mass is 10.00. The predicted octanol–water partition coefficient (Wildman–Crippen LogP) is 2.38. The normalized spacial score (nSPS) is 20.6. The van der Waals surface area contributed by atoms with Gasteiger partial charge in [-0.05, 0) is 30.9 Å². The number of carbonyl (C=O) groups is 1. The fourth-order valence-electron chi connectivity index (χ4n) is 3.00. The number of carbonyl (C=O) groups excluding carboxylic acids is 1. The number of nitrogens with zero attached hydrogens (tertiary/aromatic N) is 2. The quantitative estimate of drug-likeness (QED) is 0.852. The summed E-state index contributed by atoms with van der Waals surface area (Å²) in [6.45, 7) is 0.621. The molecule has 2 atom stereocenters. The molecule has 2 aromatic heterocycles. The Morgan fingerprint density at radius 3 is 3.00 bits per heavy atom. The first-order valence-corrected chi connectivity index (χ1v) is 8.98. The summed E-state index contributed by atoms with van der Waals surface area (Å²) in [6, 6.07) is 5.99. The summed E-state index contributed by atoms with van der Waals surface area (Å²) < 4.78 is 0. The summed E-state index contributed by atoms with van der Waals surface area (Å²) in [4.78, 5) is 20.8. The van der Waals surface area contributed by atoms with E-state index in [1.54, 1.807) is 17.5 Å². The van der Waals surface area contributed by atoms with Crippen molar-refractivity contribution < 1.29 is 4.79 Å². The van der Waals surface area contributed by atoms with Crippen LogP contribution in [0.3, 0.4) is 0 Å². The van der Waals surface area contributed by atoms with Crippen LogP contribution in [0.4, 0.5) is 0 Å². The van der Waals surface area contributed by atoms with Crippen molar-refractivity contribution in [3.8, 4) is 11.4 Å². The van der Waals surface area contributed by atoms with E-state index < -0.39 is 0 Å². The standard InChI is InChI=1S/C17H22N4OS/c18-13-5-3-4-12(13)10-16(22)20-9-7-17-21-15(11-23-17)14-6-1-2-8-19-14/h1-2,6,8,11-13H,3-5,7,9-10,18H2,(H,20,22)/t12-,13+/m0/s1. The van der Waals surface area contributed by atoms with Crippen molar-refractivity contribution in [3.05, 3.63) is 34.8 Å². The Hall–Kier alpha value is -1.79. The van der Waals surface area contributed by atoms with Crippen molar-refractivity contribution in [2.24, 2.45) is 11.7 Å². The zero-order valence-corrected chi connectivity index (χ0v) is 13.9. The third-order valence-corrected chi connectivity index (χ3v) is 5.21. The molecule has 3 N–H and O–H groups in total. The number of thiazole rings is 1. The van der Waals surface area contributed by atoms with Crippen LogP contribution in [0.1, 0.15) is 30.7 Å². The van der Waals surface area contributed by atoms with E-state index in [0.29, 0.717) is 18.9 Å². The summed E-state index contributed by atoms with van der Waals surface area (Å²) in [6.07, 6.45) is 6.34. The molecule has 5 nitrogen and oxygen atoms in total. The maximum atomic E-state index is 12.0. The smallest absolute Gasteiger partial charge is 0.220 e. The number of amides is 1. The molecule has 1 amide bonds. The van der Waals surface area contributed by atoms with Crippen molar-refractivity contribution >= 4 is 17.2 Å². The topological polar surface area (TPSA) is 80.9 Å². The number of nitrogens with one attached hydrogen (secondary N) is 1. The third kappa shape index (κ3) is 4.36. The van der Waals surface area contributed by atoms with Gasteiger partial charge in [0.15, 0.2) is 0 Å². The van der Waals surface area contributed by atoms with Crippen molar-refractivity contribution in [2.75, 3.05) is 6.54 Å². The second-order valence-corrected chi connectivity index (χ2v) is 6.94. The highest BCUT2D eigenvalue weighted by molar-refractivity contribution is 7.09. The van der Waals surface area contributed by atoms with Gasteiger partial charge in [0.2, 0.25) is 5.91 Å². The molecular formula is C17H22N4OS. The van der Waals surface area contributed by atoms with Gasteiger partial charge in [-0.3, -0.25) is 9.78 Å². The predicted molar refractivity (Wildman–Crippen MR) is 92.0 cm³/mol. The monoisotopic (exact) mass is 330 g/mol. The molecule has 0 spiro atoms. The largest absolute Gasteiger partial charge is 0.356 e. The number of hydrogen-bond acceptors (Lipinski definition) is 5. The maximum absolute atomic E-state index is 12.0. The highest BCUT2D eigenvalue weighted by Crippen LogP contribution is 2.26. The number of nitrogens with two attached hydrogens (primary N) is 1. The molecule has 1 fully saturated rings. The molecule has 122 valence electrons. The Morgan fingerprint density at radius 1 is 1.35 bits per heavy atom. The van der Waals surface area contributed by atoms with Crippen molar-refractivity contribution in [2.45, 2.75) is 38.1 Å². The van der Waals surface area contributed by atoms with E-state index in [0.717, 1.165) is 42.1 Å². The highest BCUT2D eigenvalue weighted by atomic mass is 32.1. The van der Waals surface area contributed by atoms with Crippen LogP contribution < -0.4 is 11.1 Å². The molecule has 1 saturated carbocycles. The van der Waals surface area contributed by atoms with Gasteiger partial charge >= 0.3 is 0 Å². The molecule has 6 heteroatoms. The third-order valence-electron chi connectivity index (χ3n) is 4.31. The molecule has 2 aromatic rings. The number of pyridine rings is 1. The zero-order valence-electron chi connectivity index (χ0n) is 13.1. The minimum atomic E-state index is 0.105. The number of rotatable bonds is 6. The van der Waals surface area contributed by atoms with Crippen LogP contribution in [0, 0.1) is 5.92 Å². The van der Waals surface area contributed by atoms with E-state index in [1.165, 1.54) is 0 Å². The Labute approximate surface area is 140 Å². The summed E-state index contributed by atoms with van der Waals surface area (Å²) in [5.74, 6) is 0.458. The first-order chi connectivity index (χ1) is 11.2. The number of aromatic nitrogens is 2. The van der Waals surface area contributed by atoms with Gasteiger partial charge in [0.1, 0.15) is 0 Å². The molecule has 0 unspecified atom stereocenters. The van der Waals surface area contributed by atoms with Crippen LogP contribution in [-0.2, 0) is 11.2 Å². The second kappa shape index (κ2) is 7.66. The lowest BCUT2D eigenvalue weighted by Gasteiger charge is -2.14. The first-order valence-electron chi connectivity index (χ1n) is 8.10. The molecule has 0 radical (unpaired) electrons. The van der Waals surface area contributed by atoms with Crippen molar-refractivity contribution in [1.29, 1.82) is 0 Å². The average molecular weight is 330 g/mol. The van der Waals surface area contributed by atoms with E-state index in [-0.39, 0.29) is 11.9 Å². The summed E-state index contributed by atoms with van der Waals surface area (Å²) in [5, 5.41) is 6.01. The van der Waals surface area contributed by atoms with E-state index in [1.807, 2.05) is 23.6 Å². The van der Waals surface area contributed by atoms with Crippen LogP contribution >= 0.6 is 11.3 Å². The Morgan fingerprint density at radius 2 is 2.26 bits per heavy atom. The van der Waals surface area contributed by atoms with Crippen LogP contribution in [0.25, 0.3) is 11.4 Å². The molecule has 0 saturated heterocycles. The SMILES string of the molecule is N[C@@H]1CCC[C@H]1CC(=O)NCCc1nc(-c2ccccn2)cs1. The van der Waals surface area contributed by atoms with Crippen LogP contribution in [0.2, 0.25) is 0 Å². The summed E-state index contributed by atoms with van der Waals surface area (Å²) >= 11 is 1.61. The van der Waals surface area contributed by atoms with Gasteiger partial charge in [-0.1, -0.05) is 12.5 Å². The van der Waals surface area contributed by atoms with Crippen molar-refractivity contribution in [3.63, 3.8) is 0 Å². The molecule has 23 heavy (non-hydrogen) atoms. The molecule has 2 heterocycles. The van der Waals surface area contributed by atoms with Crippen LogP contribution in [-0.4, -0.2) is 28.5 Å². The summed E-state index contributed by atoms with van der Waals surface area (Å²) in [7, 11) is 0. The molecule has 1 aliphatic carbocycles. The Balaban J connectivity index is 1.44. The second-order valence-electron chi connectivity index (χ2n) is 6.00. The zero-order chi connectivity index (χ0) is 16.1. The first kappa shape index (κ1) is 16.1. The van der Waals surface area contributed by atoms with E-state index >= 15 is 0 Å². The molecule has 0 bridgehead atoms. The van der Waals surface area contributed by atoms with Crippen LogP contribution in [0.5, 0.6) is 0 Å². The molecule has 1 aliphatic rings. The highest BCUT2D eigenvalue weighted by Gasteiger charge is 2.25. The van der Waals surface area contributed by atoms with Gasteiger partial charge in [-0.15, -0.1) is 11.3 Å². The molecule has 3 rings (SSSR count). The number of hydrogen-bond donors (Lipinski definition) is 2. The minimum Gasteiger partial charge on any atom is -0.356 e. The van der Waals surface area contributed by atoms with Crippen molar-refractivity contribution in [1.82, 2.24) is 15.3 Å². The van der Waals surface area contributed by atoms with E-state index in [9.17, 15) is 4.79 Å². The fraction of sp³-hybridized carbons (Fsp3) is 0.471. The Bertz CT molecular complexity index is 643. The van der Waals surface area contributed by atoms with Gasteiger partial charge < -0.3 is 11.1 Å². The van der Waals surface area contributed by atoms with E-state index in [2.05, 4.69) is 15.3 Å². The molecular weight excluding hydrogens is 308 g/mol. The van der Waals surface area contributed by atoms with Gasteiger partial charge in [-0.25, -0.2) is 4.98 Å². The summed E-state index contributed by atoms with van der Waals surface area (Å²) in [5.41, 5.74) is 7.79. The average Bonchev–Trinajstić information content (AvgIpc) is 3.18. The van der Waals surface area contributed by atoms with Gasteiger partial charge in [0, 0.05) is 37.0 Å². The minimum absolute atomic E-state index is 0.105. The van der Waals surface area contributed by atoms with Crippen LogP contribution in [0.15, 0.2) is 29.8 Å². The fourth-order valence-corrected chi connectivity index (χ4v) is 3.79.